The number of benzene rings is 4. The molecule has 2 N–H and O–H groups in total. The van der Waals surface area contributed by atoms with Crippen LogP contribution in [0.4, 0.5) is 22.9 Å². The lowest BCUT2D eigenvalue weighted by Crippen LogP contribution is -2.30. The zero-order valence-electron chi connectivity index (χ0n) is 20.8. The predicted octanol–water partition coefficient (Wildman–Crippen LogP) is 7.56. The van der Waals surface area contributed by atoms with Crippen molar-refractivity contribution in [2.45, 2.75) is 6.54 Å². The SMILES string of the molecule is O=C(Nc1ccc(C(=O)N2Cc3cccnc3Nc3ccccc32)c(Cl)c1)c1ccccc1-c1ccccc1. The first kappa shape index (κ1) is 24.4. The fraction of sp³-hybridized carbons (Fsp3) is 0.0312. The molecule has 5 aromatic rings. The predicted molar refractivity (Wildman–Crippen MR) is 156 cm³/mol. The van der Waals surface area contributed by atoms with Crippen LogP contribution in [0.25, 0.3) is 11.1 Å². The Morgan fingerprint density at radius 3 is 2.44 bits per heavy atom. The zero-order valence-corrected chi connectivity index (χ0v) is 21.5. The fourth-order valence-corrected chi connectivity index (χ4v) is 4.98. The highest BCUT2D eigenvalue weighted by atomic mass is 35.5. The number of nitrogens with zero attached hydrogens (tertiary/aromatic N) is 2. The van der Waals surface area contributed by atoms with E-state index in [1.54, 1.807) is 35.4 Å². The molecule has 0 saturated heterocycles. The number of para-hydroxylation sites is 2. The summed E-state index contributed by atoms with van der Waals surface area (Å²) in [7, 11) is 0. The van der Waals surface area contributed by atoms with E-state index < -0.39 is 0 Å². The summed E-state index contributed by atoms with van der Waals surface area (Å²) in [5, 5.41) is 6.50. The lowest BCUT2D eigenvalue weighted by Gasteiger charge is -2.23. The topological polar surface area (TPSA) is 74.3 Å². The van der Waals surface area contributed by atoms with Crippen molar-refractivity contribution >= 4 is 46.3 Å². The Hall–Kier alpha value is -4.94. The summed E-state index contributed by atoms with van der Waals surface area (Å²) in [5.74, 6) is 0.194. The molecule has 1 aliphatic rings. The van der Waals surface area contributed by atoms with Crippen molar-refractivity contribution in [2.75, 3.05) is 15.5 Å². The molecule has 0 radical (unpaired) electrons. The van der Waals surface area contributed by atoms with Crippen LogP contribution in [0, 0.1) is 0 Å². The van der Waals surface area contributed by atoms with Gasteiger partial charge in [0.15, 0.2) is 0 Å². The lowest BCUT2D eigenvalue weighted by molar-refractivity contribution is 0.0984. The van der Waals surface area contributed by atoms with E-state index in [0.717, 1.165) is 28.1 Å². The van der Waals surface area contributed by atoms with Crippen LogP contribution in [0.1, 0.15) is 26.3 Å². The van der Waals surface area contributed by atoms with Gasteiger partial charge >= 0.3 is 0 Å². The standard InChI is InChI=1S/C32H23ClN4O2/c33-27-19-23(35-31(38)25-13-5-4-12-24(25)21-9-2-1-3-10-21)16-17-26(27)32(39)37-20-22-11-8-18-34-30(22)36-28-14-6-7-15-29(28)37/h1-19H,20H2,(H,34,36)(H,35,38). The number of aromatic nitrogens is 1. The largest absolute Gasteiger partial charge is 0.338 e. The molecule has 2 heterocycles. The van der Waals surface area contributed by atoms with Crippen molar-refractivity contribution < 1.29 is 9.59 Å². The van der Waals surface area contributed by atoms with Crippen LogP contribution >= 0.6 is 11.6 Å². The van der Waals surface area contributed by atoms with Crippen molar-refractivity contribution in [1.82, 2.24) is 4.98 Å². The summed E-state index contributed by atoms with van der Waals surface area (Å²) in [6.07, 6.45) is 1.72. The van der Waals surface area contributed by atoms with Crippen molar-refractivity contribution in [3.8, 4) is 11.1 Å². The number of hydrogen-bond donors (Lipinski definition) is 2. The Balaban J connectivity index is 1.28. The number of hydrogen-bond acceptors (Lipinski definition) is 4. The molecule has 0 aliphatic carbocycles. The molecule has 6 nitrogen and oxygen atoms in total. The van der Waals surface area contributed by atoms with Crippen LogP contribution in [0.3, 0.4) is 0 Å². The number of fused-ring (bicyclic) bond motifs is 2. The molecule has 190 valence electrons. The summed E-state index contributed by atoms with van der Waals surface area (Å²) >= 11 is 6.64. The van der Waals surface area contributed by atoms with Crippen LogP contribution < -0.4 is 15.5 Å². The van der Waals surface area contributed by atoms with Gasteiger partial charge in [-0.15, -0.1) is 0 Å². The first-order valence-corrected chi connectivity index (χ1v) is 12.8. The molecule has 0 spiro atoms. The van der Waals surface area contributed by atoms with Crippen molar-refractivity contribution in [3.63, 3.8) is 0 Å². The van der Waals surface area contributed by atoms with Crippen LogP contribution in [0.2, 0.25) is 5.02 Å². The third kappa shape index (κ3) is 4.85. The fourth-order valence-electron chi connectivity index (χ4n) is 4.72. The van der Waals surface area contributed by atoms with Gasteiger partial charge in [-0.25, -0.2) is 4.98 Å². The summed E-state index contributed by atoms with van der Waals surface area (Å²) < 4.78 is 0. The van der Waals surface area contributed by atoms with Gasteiger partial charge in [0.1, 0.15) is 5.82 Å². The summed E-state index contributed by atoms with van der Waals surface area (Å²) in [5.41, 5.74) is 5.55. The smallest absolute Gasteiger partial charge is 0.260 e. The molecule has 1 aliphatic heterocycles. The van der Waals surface area contributed by atoms with E-state index in [9.17, 15) is 9.59 Å². The van der Waals surface area contributed by atoms with E-state index in [0.29, 0.717) is 29.2 Å². The van der Waals surface area contributed by atoms with Crippen molar-refractivity contribution in [1.29, 1.82) is 0 Å². The van der Waals surface area contributed by atoms with Gasteiger partial charge in [-0.1, -0.05) is 78.3 Å². The van der Waals surface area contributed by atoms with Gasteiger partial charge in [0.25, 0.3) is 11.8 Å². The minimum absolute atomic E-state index is 0.246. The Morgan fingerprint density at radius 1 is 0.821 bits per heavy atom. The monoisotopic (exact) mass is 530 g/mol. The van der Waals surface area contributed by atoms with E-state index in [1.165, 1.54) is 0 Å². The number of carbonyl (C=O) groups is 2. The van der Waals surface area contributed by atoms with E-state index in [-0.39, 0.29) is 16.8 Å². The molecular formula is C32H23ClN4O2. The van der Waals surface area contributed by atoms with Gasteiger partial charge in [-0.05, 0) is 53.6 Å². The van der Waals surface area contributed by atoms with Crippen molar-refractivity contribution in [2.24, 2.45) is 0 Å². The molecule has 0 atom stereocenters. The van der Waals surface area contributed by atoms with Gasteiger partial charge in [0.2, 0.25) is 0 Å². The maximum Gasteiger partial charge on any atom is 0.260 e. The second-order valence-corrected chi connectivity index (χ2v) is 9.51. The molecule has 7 heteroatoms. The Labute approximate surface area is 230 Å². The minimum atomic E-state index is -0.263. The van der Waals surface area contributed by atoms with Gasteiger partial charge in [-0.3, -0.25) is 9.59 Å². The normalized spacial score (nSPS) is 12.0. The van der Waals surface area contributed by atoms with Gasteiger partial charge < -0.3 is 15.5 Å². The van der Waals surface area contributed by atoms with Crippen molar-refractivity contribution in [3.05, 3.63) is 137 Å². The molecule has 0 unspecified atom stereocenters. The van der Waals surface area contributed by atoms with Crippen LogP contribution in [0.15, 0.2) is 115 Å². The third-order valence-corrected chi connectivity index (χ3v) is 6.94. The number of carbonyl (C=O) groups excluding carboxylic acids is 2. The Morgan fingerprint density at radius 2 is 1.59 bits per heavy atom. The molecule has 0 fully saturated rings. The number of nitrogens with one attached hydrogen (secondary N) is 2. The van der Waals surface area contributed by atoms with E-state index in [4.69, 9.17) is 11.6 Å². The third-order valence-electron chi connectivity index (χ3n) is 6.63. The molecule has 0 bridgehead atoms. The zero-order chi connectivity index (χ0) is 26.8. The Bertz CT molecular complexity index is 1700. The first-order valence-electron chi connectivity index (χ1n) is 12.5. The van der Waals surface area contributed by atoms with E-state index in [2.05, 4.69) is 15.6 Å². The number of amides is 2. The quantitative estimate of drug-likeness (QED) is 0.251. The highest BCUT2D eigenvalue weighted by Crippen LogP contribution is 2.36. The number of anilines is 4. The highest BCUT2D eigenvalue weighted by molar-refractivity contribution is 6.35. The number of halogens is 1. The molecule has 2 amide bonds. The molecule has 1 aromatic heterocycles. The number of rotatable bonds is 4. The summed E-state index contributed by atoms with van der Waals surface area (Å²) in [4.78, 5) is 33.2. The molecule has 0 saturated carbocycles. The van der Waals surface area contributed by atoms with Gasteiger partial charge in [-0.2, -0.15) is 0 Å². The maximum absolute atomic E-state index is 13.8. The summed E-state index contributed by atoms with van der Waals surface area (Å²) in [6.45, 7) is 0.330. The van der Waals surface area contributed by atoms with E-state index in [1.807, 2.05) is 84.9 Å². The van der Waals surface area contributed by atoms with Crippen LogP contribution in [-0.4, -0.2) is 16.8 Å². The average molecular weight is 531 g/mol. The molecule has 6 rings (SSSR count). The molecule has 39 heavy (non-hydrogen) atoms. The molecule has 4 aromatic carbocycles. The van der Waals surface area contributed by atoms with Gasteiger partial charge in [0.05, 0.1) is 28.5 Å². The van der Waals surface area contributed by atoms with E-state index >= 15 is 0 Å². The maximum atomic E-state index is 13.8. The second kappa shape index (κ2) is 10.4. The average Bonchev–Trinajstić information content (AvgIpc) is 3.14. The lowest BCUT2D eigenvalue weighted by atomic mass is 9.99. The first-order chi connectivity index (χ1) is 19.1. The van der Waals surface area contributed by atoms with Crippen LogP contribution in [-0.2, 0) is 6.54 Å². The number of pyridine rings is 1. The van der Waals surface area contributed by atoms with Gasteiger partial charge in [0, 0.05) is 23.0 Å². The van der Waals surface area contributed by atoms with Crippen LogP contribution in [0.5, 0.6) is 0 Å². The second-order valence-electron chi connectivity index (χ2n) is 9.10. The highest BCUT2D eigenvalue weighted by Gasteiger charge is 2.26. The minimum Gasteiger partial charge on any atom is -0.338 e. The molecular weight excluding hydrogens is 508 g/mol. The summed E-state index contributed by atoms with van der Waals surface area (Å²) in [6, 6.07) is 33.5. The Kier molecular flexibility index (Phi) is 6.53.